The highest BCUT2D eigenvalue weighted by atomic mass is 32.2. The van der Waals surface area contributed by atoms with Crippen LogP contribution in [-0.2, 0) is 9.63 Å². The fourth-order valence-corrected chi connectivity index (χ4v) is 3.25. The zero-order chi connectivity index (χ0) is 9.68. The molecule has 1 aliphatic heterocycles. The van der Waals surface area contributed by atoms with E-state index < -0.39 is 5.97 Å². The lowest BCUT2D eigenvalue weighted by molar-refractivity contribution is -0.144. The normalized spacial score (nSPS) is 21.2. The molecular formula is C6H10N2O2S3. The van der Waals surface area contributed by atoms with E-state index in [4.69, 9.17) is 12.2 Å². The molecule has 0 aliphatic carbocycles. The largest absolute Gasteiger partial charge is 0.342 e. The van der Waals surface area contributed by atoms with Gasteiger partial charge in [0.15, 0.2) is 4.32 Å². The van der Waals surface area contributed by atoms with Gasteiger partial charge in [-0.3, -0.25) is 10.1 Å². The lowest BCUT2D eigenvalue weighted by atomic mass is 10.8. The summed E-state index contributed by atoms with van der Waals surface area (Å²) in [6, 6.07) is 0. The molecule has 0 aromatic heterocycles. The Morgan fingerprint density at radius 1 is 1.85 bits per heavy atom. The molecule has 0 aromatic rings. The first-order chi connectivity index (χ1) is 6.18. The van der Waals surface area contributed by atoms with Crippen LogP contribution in [0.4, 0.5) is 0 Å². The van der Waals surface area contributed by atoms with Crippen molar-refractivity contribution in [1.29, 1.82) is 0 Å². The Labute approximate surface area is 90.5 Å². The predicted octanol–water partition coefficient (Wildman–Crippen LogP) is 0.692. The summed E-state index contributed by atoms with van der Waals surface area (Å²) in [6.45, 7) is 2.32. The maximum Gasteiger partial charge on any atom is 0.329 e. The summed E-state index contributed by atoms with van der Waals surface area (Å²) in [4.78, 5) is 14.9. The second kappa shape index (κ2) is 5.69. The fraction of sp³-hybridized carbons (Fsp3) is 0.667. The predicted molar refractivity (Wildman–Crippen MR) is 59.3 cm³/mol. The Balaban J connectivity index is 2.13. The highest BCUT2D eigenvalue weighted by Crippen LogP contribution is 2.25. The molecule has 0 aromatic carbocycles. The van der Waals surface area contributed by atoms with Crippen molar-refractivity contribution < 1.29 is 9.63 Å². The first-order valence-electron chi connectivity index (χ1n) is 3.67. The molecule has 74 valence electrons. The van der Waals surface area contributed by atoms with E-state index in [1.165, 1.54) is 18.7 Å². The topological polar surface area (TPSA) is 50.4 Å². The van der Waals surface area contributed by atoms with Crippen LogP contribution in [0.25, 0.3) is 0 Å². The van der Waals surface area contributed by atoms with Gasteiger partial charge >= 0.3 is 5.97 Å². The van der Waals surface area contributed by atoms with Crippen molar-refractivity contribution in [3.8, 4) is 0 Å². The number of carbonyl (C=O) groups excluding carboxylic acids is 1. The average molecular weight is 238 g/mol. The Bertz CT molecular complexity index is 206. The van der Waals surface area contributed by atoms with Gasteiger partial charge in [-0.15, -0.1) is 11.8 Å². The zero-order valence-electron chi connectivity index (χ0n) is 7.03. The van der Waals surface area contributed by atoms with E-state index in [9.17, 15) is 4.79 Å². The Hall–Kier alpha value is 0.0200. The van der Waals surface area contributed by atoms with E-state index in [-0.39, 0.29) is 4.71 Å². The molecule has 0 bridgehead atoms. The Morgan fingerprint density at radius 2 is 2.62 bits per heavy atom. The van der Waals surface area contributed by atoms with Gasteiger partial charge in [0, 0.05) is 19.2 Å². The maximum absolute atomic E-state index is 10.4. The van der Waals surface area contributed by atoms with Crippen LogP contribution in [0.3, 0.4) is 0 Å². The average Bonchev–Trinajstić information content (AvgIpc) is 2.53. The van der Waals surface area contributed by atoms with E-state index in [2.05, 4.69) is 15.6 Å². The standard InChI is InChI=1S/C6H10N2O2S3/c1-4(9)10-8-5(11)13-6-7-2-3-12-6/h6-7H,2-3H2,1H3,(H,8,11). The highest BCUT2D eigenvalue weighted by molar-refractivity contribution is 8.30. The van der Waals surface area contributed by atoms with Crippen molar-refractivity contribution in [2.45, 2.75) is 11.6 Å². The van der Waals surface area contributed by atoms with Gasteiger partial charge in [0.2, 0.25) is 0 Å². The minimum Gasteiger partial charge on any atom is -0.342 e. The number of nitrogens with one attached hydrogen (secondary N) is 2. The number of rotatable bonds is 1. The summed E-state index contributed by atoms with van der Waals surface area (Å²) in [5.74, 6) is 0.698. The summed E-state index contributed by atoms with van der Waals surface area (Å²) in [5.41, 5.74) is 2.40. The first kappa shape index (κ1) is 11.1. The number of thioether (sulfide) groups is 2. The van der Waals surface area contributed by atoms with Gasteiger partial charge in [0.25, 0.3) is 0 Å². The molecule has 0 radical (unpaired) electrons. The van der Waals surface area contributed by atoms with Gasteiger partial charge < -0.3 is 4.84 Å². The smallest absolute Gasteiger partial charge is 0.329 e. The van der Waals surface area contributed by atoms with Crippen LogP contribution in [-0.4, -0.2) is 27.3 Å². The van der Waals surface area contributed by atoms with E-state index in [0.717, 1.165) is 12.3 Å². The van der Waals surface area contributed by atoms with Crippen LogP contribution in [0.5, 0.6) is 0 Å². The van der Waals surface area contributed by atoms with Gasteiger partial charge in [-0.1, -0.05) is 11.8 Å². The number of hydrogen-bond acceptors (Lipinski definition) is 6. The molecule has 1 unspecified atom stereocenters. The SMILES string of the molecule is CC(=O)ONC(=S)SC1NCCS1. The molecule has 1 rings (SSSR count). The zero-order valence-corrected chi connectivity index (χ0v) is 9.48. The van der Waals surface area contributed by atoms with E-state index in [0.29, 0.717) is 4.32 Å². The van der Waals surface area contributed by atoms with Gasteiger partial charge in [-0.05, 0) is 12.2 Å². The quantitative estimate of drug-likeness (QED) is 0.515. The van der Waals surface area contributed by atoms with Crippen molar-refractivity contribution in [1.82, 2.24) is 10.8 Å². The molecule has 1 saturated heterocycles. The summed E-state index contributed by atoms with van der Waals surface area (Å²) in [6.07, 6.45) is 0. The van der Waals surface area contributed by atoms with Crippen molar-refractivity contribution in [2.75, 3.05) is 12.3 Å². The van der Waals surface area contributed by atoms with Crippen LogP contribution in [0, 0.1) is 0 Å². The molecule has 1 aliphatic rings. The summed E-state index contributed by atoms with van der Waals surface area (Å²) < 4.78 is 0.748. The van der Waals surface area contributed by atoms with Crippen molar-refractivity contribution in [3.63, 3.8) is 0 Å². The highest BCUT2D eigenvalue weighted by Gasteiger charge is 2.17. The van der Waals surface area contributed by atoms with E-state index >= 15 is 0 Å². The summed E-state index contributed by atoms with van der Waals surface area (Å²) in [7, 11) is 0. The number of thiocarbonyl (C=S) groups is 1. The second-order valence-electron chi connectivity index (χ2n) is 2.26. The van der Waals surface area contributed by atoms with Gasteiger partial charge in [-0.25, -0.2) is 5.48 Å². The molecule has 13 heavy (non-hydrogen) atoms. The van der Waals surface area contributed by atoms with Crippen LogP contribution in [0.1, 0.15) is 6.92 Å². The molecule has 0 spiro atoms. The fourth-order valence-electron chi connectivity index (χ4n) is 0.712. The number of hydrogen-bond donors (Lipinski definition) is 2. The third kappa shape index (κ3) is 4.70. The third-order valence-corrected chi connectivity index (χ3v) is 3.83. The van der Waals surface area contributed by atoms with Crippen LogP contribution in [0.2, 0.25) is 0 Å². The molecular weight excluding hydrogens is 228 g/mol. The van der Waals surface area contributed by atoms with Crippen molar-refractivity contribution in [2.24, 2.45) is 0 Å². The van der Waals surface area contributed by atoms with Crippen LogP contribution in [0.15, 0.2) is 0 Å². The second-order valence-corrected chi connectivity index (χ2v) is 5.55. The lowest BCUT2D eigenvalue weighted by Gasteiger charge is -2.10. The third-order valence-electron chi connectivity index (χ3n) is 1.17. The Kier molecular flexibility index (Phi) is 4.86. The monoisotopic (exact) mass is 238 g/mol. The van der Waals surface area contributed by atoms with Crippen molar-refractivity contribution >= 4 is 46.0 Å². The van der Waals surface area contributed by atoms with Crippen LogP contribution >= 0.6 is 35.7 Å². The minimum absolute atomic E-state index is 0.274. The molecule has 1 fully saturated rings. The first-order valence-corrected chi connectivity index (χ1v) is 6.01. The lowest BCUT2D eigenvalue weighted by Crippen LogP contribution is -2.26. The number of carbonyl (C=O) groups is 1. The van der Waals surface area contributed by atoms with E-state index in [1.54, 1.807) is 11.8 Å². The van der Waals surface area contributed by atoms with Gasteiger partial charge in [0.1, 0.15) is 4.71 Å². The molecule has 7 heteroatoms. The molecule has 0 saturated carbocycles. The molecule has 1 heterocycles. The minimum atomic E-state index is -0.394. The molecule has 4 nitrogen and oxygen atoms in total. The summed E-state index contributed by atoms with van der Waals surface area (Å²) in [5, 5.41) is 3.23. The van der Waals surface area contributed by atoms with Crippen molar-refractivity contribution in [3.05, 3.63) is 0 Å². The molecule has 2 N–H and O–H groups in total. The maximum atomic E-state index is 10.4. The number of hydroxylamine groups is 1. The van der Waals surface area contributed by atoms with Gasteiger partial charge in [0.05, 0.1) is 0 Å². The van der Waals surface area contributed by atoms with E-state index in [1.807, 2.05) is 0 Å². The summed E-state index contributed by atoms with van der Waals surface area (Å²) >= 11 is 8.16. The van der Waals surface area contributed by atoms with Gasteiger partial charge in [-0.2, -0.15) is 0 Å². The Morgan fingerprint density at radius 3 is 3.15 bits per heavy atom. The molecule has 0 amide bonds. The molecule has 1 atom stereocenters. The van der Waals surface area contributed by atoms with Crippen LogP contribution < -0.4 is 10.8 Å².